The molecule has 1 saturated carbocycles. The van der Waals surface area contributed by atoms with Crippen molar-refractivity contribution in [1.29, 1.82) is 0 Å². The molecule has 1 aromatic carbocycles. The Morgan fingerprint density at radius 1 is 1.37 bits per heavy atom. The van der Waals surface area contributed by atoms with E-state index in [9.17, 15) is 9.90 Å². The Morgan fingerprint density at radius 2 is 2.11 bits per heavy atom. The molecule has 0 aliphatic heterocycles. The van der Waals surface area contributed by atoms with E-state index in [1.165, 1.54) is 24.4 Å². The van der Waals surface area contributed by atoms with Gasteiger partial charge in [-0.25, -0.2) is 4.79 Å². The van der Waals surface area contributed by atoms with E-state index in [2.05, 4.69) is 4.99 Å². The molecule has 0 amide bonds. The zero-order chi connectivity index (χ0) is 13.8. The number of hydrogen-bond donors (Lipinski definition) is 3. The van der Waals surface area contributed by atoms with Crippen molar-refractivity contribution in [2.24, 2.45) is 10.7 Å². The lowest BCUT2D eigenvalue weighted by molar-refractivity contribution is 0.0697. The second kappa shape index (κ2) is 5.84. The monoisotopic (exact) mass is 262 g/mol. The summed E-state index contributed by atoms with van der Waals surface area (Å²) < 4.78 is 0. The summed E-state index contributed by atoms with van der Waals surface area (Å²) in [5.74, 6) is -0.998. The number of benzene rings is 1. The summed E-state index contributed by atoms with van der Waals surface area (Å²) in [5, 5.41) is 18.6. The Morgan fingerprint density at radius 3 is 2.79 bits per heavy atom. The zero-order valence-corrected chi connectivity index (χ0v) is 10.6. The molecule has 1 aromatic rings. The van der Waals surface area contributed by atoms with Crippen molar-refractivity contribution < 1.29 is 15.0 Å². The highest BCUT2D eigenvalue weighted by atomic mass is 16.4. The average Bonchev–Trinajstić information content (AvgIpc) is 2.39. The van der Waals surface area contributed by atoms with E-state index >= 15 is 0 Å². The van der Waals surface area contributed by atoms with E-state index in [0.717, 1.165) is 25.7 Å². The van der Waals surface area contributed by atoms with Crippen LogP contribution in [0.2, 0.25) is 0 Å². The second-order valence-corrected chi connectivity index (χ2v) is 4.87. The van der Waals surface area contributed by atoms with Crippen LogP contribution in [0.3, 0.4) is 0 Å². The van der Waals surface area contributed by atoms with Gasteiger partial charge in [0.2, 0.25) is 0 Å². The molecule has 19 heavy (non-hydrogen) atoms. The summed E-state index contributed by atoms with van der Waals surface area (Å²) in [7, 11) is 0. The van der Waals surface area contributed by atoms with Gasteiger partial charge in [-0.05, 0) is 31.0 Å². The van der Waals surface area contributed by atoms with E-state index in [0.29, 0.717) is 5.56 Å². The molecule has 0 saturated heterocycles. The number of phenolic OH excluding ortho intramolecular Hbond substituents is 1. The van der Waals surface area contributed by atoms with Gasteiger partial charge in [0.25, 0.3) is 0 Å². The predicted octanol–water partition coefficient (Wildman–Crippen LogP) is 1.78. The fraction of sp³-hybridized carbons (Fsp3) is 0.429. The van der Waals surface area contributed by atoms with Crippen molar-refractivity contribution in [2.45, 2.75) is 37.8 Å². The fourth-order valence-electron chi connectivity index (χ4n) is 2.29. The number of carboxylic acids is 1. The molecule has 0 spiro atoms. The van der Waals surface area contributed by atoms with E-state index in [4.69, 9.17) is 10.8 Å². The number of aromatic carboxylic acids is 1. The minimum absolute atomic E-state index is 0.0260. The lowest BCUT2D eigenvalue weighted by Gasteiger charge is -2.25. The van der Waals surface area contributed by atoms with Crippen molar-refractivity contribution in [3.63, 3.8) is 0 Å². The Balaban J connectivity index is 2.17. The van der Waals surface area contributed by atoms with E-state index in [-0.39, 0.29) is 23.4 Å². The van der Waals surface area contributed by atoms with Crippen molar-refractivity contribution in [1.82, 2.24) is 0 Å². The predicted molar refractivity (Wildman–Crippen MR) is 72.9 cm³/mol. The van der Waals surface area contributed by atoms with Gasteiger partial charge in [-0.1, -0.05) is 12.8 Å². The third kappa shape index (κ3) is 3.32. The first kappa shape index (κ1) is 13.5. The Kier molecular flexibility index (Phi) is 4.16. The van der Waals surface area contributed by atoms with Crippen LogP contribution in [0, 0.1) is 0 Å². The fourth-order valence-corrected chi connectivity index (χ4v) is 2.29. The summed E-state index contributed by atoms with van der Waals surface area (Å²) >= 11 is 0. The number of nitrogens with two attached hydrogens (primary N) is 1. The highest BCUT2D eigenvalue weighted by Crippen LogP contribution is 2.21. The molecule has 1 aliphatic rings. The molecule has 2 rings (SSSR count). The quantitative estimate of drug-likeness (QED) is 0.723. The molecule has 5 heteroatoms. The highest BCUT2D eigenvalue weighted by Gasteiger charge is 2.20. The van der Waals surface area contributed by atoms with Crippen molar-refractivity contribution in [3.8, 4) is 5.75 Å². The van der Waals surface area contributed by atoms with Crippen LogP contribution in [-0.4, -0.2) is 34.5 Å². The molecule has 0 aromatic heterocycles. The van der Waals surface area contributed by atoms with Gasteiger partial charge in [-0.15, -0.1) is 0 Å². The van der Waals surface area contributed by atoms with Gasteiger partial charge in [-0.3, -0.25) is 4.99 Å². The first-order chi connectivity index (χ1) is 9.08. The summed E-state index contributed by atoms with van der Waals surface area (Å²) in [5.41, 5.74) is 6.54. The maximum Gasteiger partial charge on any atom is 0.335 e. The Hall–Kier alpha value is -1.88. The van der Waals surface area contributed by atoms with Crippen LogP contribution in [0.5, 0.6) is 5.75 Å². The normalized spacial score (nSPS) is 23.6. The van der Waals surface area contributed by atoms with Crippen LogP contribution >= 0.6 is 0 Å². The maximum absolute atomic E-state index is 10.9. The number of hydrogen-bond acceptors (Lipinski definition) is 4. The first-order valence-electron chi connectivity index (χ1n) is 6.43. The molecule has 102 valence electrons. The molecule has 0 bridgehead atoms. The molecular formula is C14H18N2O3. The number of aromatic hydroxyl groups is 1. The third-order valence-electron chi connectivity index (χ3n) is 3.46. The molecule has 1 fully saturated rings. The van der Waals surface area contributed by atoms with Crippen molar-refractivity contribution in [3.05, 3.63) is 29.3 Å². The van der Waals surface area contributed by atoms with Crippen LogP contribution < -0.4 is 5.73 Å². The topological polar surface area (TPSA) is 95.9 Å². The van der Waals surface area contributed by atoms with Crippen molar-refractivity contribution in [2.75, 3.05) is 0 Å². The molecule has 0 heterocycles. The minimum Gasteiger partial charge on any atom is -0.507 e. The third-order valence-corrected chi connectivity index (χ3v) is 3.46. The van der Waals surface area contributed by atoms with Gasteiger partial charge in [0, 0.05) is 17.8 Å². The van der Waals surface area contributed by atoms with Gasteiger partial charge >= 0.3 is 5.97 Å². The van der Waals surface area contributed by atoms with Crippen molar-refractivity contribution >= 4 is 12.2 Å². The average molecular weight is 262 g/mol. The van der Waals surface area contributed by atoms with Gasteiger partial charge in [0.05, 0.1) is 11.6 Å². The SMILES string of the molecule is N[C@@H]1CCCC[C@H]1N=Cc1cc(C(=O)O)ccc1O. The largest absolute Gasteiger partial charge is 0.507 e. The zero-order valence-electron chi connectivity index (χ0n) is 10.6. The van der Waals surface area contributed by atoms with Gasteiger partial charge in [0.1, 0.15) is 5.75 Å². The molecule has 1 aliphatic carbocycles. The smallest absolute Gasteiger partial charge is 0.335 e. The summed E-state index contributed by atoms with van der Waals surface area (Å²) in [6, 6.07) is 4.25. The lowest BCUT2D eigenvalue weighted by atomic mass is 9.91. The maximum atomic E-state index is 10.9. The van der Waals surface area contributed by atoms with E-state index in [1.807, 2.05) is 0 Å². The van der Waals surface area contributed by atoms with E-state index < -0.39 is 5.97 Å². The molecular weight excluding hydrogens is 244 g/mol. The lowest BCUT2D eigenvalue weighted by Crippen LogP contribution is -2.36. The molecule has 0 radical (unpaired) electrons. The van der Waals surface area contributed by atoms with Crippen LogP contribution in [0.4, 0.5) is 0 Å². The molecule has 2 atom stereocenters. The Bertz CT molecular complexity index is 499. The molecule has 4 N–H and O–H groups in total. The minimum atomic E-state index is -1.02. The van der Waals surface area contributed by atoms with Gasteiger partial charge in [0.15, 0.2) is 0 Å². The summed E-state index contributed by atoms with van der Waals surface area (Å²) in [4.78, 5) is 15.3. The second-order valence-electron chi connectivity index (χ2n) is 4.87. The number of carbonyl (C=O) groups is 1. The number of nitrogens with zero attached hydrogens (tertiary/aromatic N) is 1. The number of phenols is 1. The van der Waals surface area contributed by atoms with E-state index in [1.54, 1.807) is 0 Å². The number of rotatable bonds is 3. The van der Waals surface area contributed by atoms with Crippen LogP contribution in [-0.2, 0) is 0 Å². The molecule has 5 nitrogen and oxygen atoms in total. The number of carboxylic acid groups (broad SMARTS) is 1. The summed E-state index contributed by atoms with van der Waals surface area (Å²) in [6.45, 7) is 0. The van der Waals surface area contributed by atoms with Crippen LogP contribution in [0.1, 0.15) is 41.6 Å². The first-order valence-corrected chi connectivity index (χ1v) is 6.43. The van der Waals surface area contributed by atoms with Crippen LogP contribution in [0.15, 0.2) is 23.2 Å². The van der Waals surface area contributed by atoms with Gasteiger partial charge < -0.3 is 15.9 Å². The summed E-state index contributed by atoms with van der Waals surface area (Å²) in [6.07, 6.45) is 5.67. The number of aliphatic imine (C=N–C) groups is 1. The highest BCUT2D eigenvalue weighted by molar-refractivity contribution is 5.92. The Labute approximate surface area is 111 Å². The van der Waals surface area contributed by atoms with Gasteiger partial charge in [-0.2, -0.15) is 0 Å². The molecule has 0 unspecified atom stereocenters. The van der Waals surface area contributed by atoms with Crippen LogP contribution in [0.25, 0.3) is 0 Å². The standard InChI is InChI=1S/C14H18N2O3/c15-11-3-1-2-4-12(11)16-8-10-7-9(14(18)19)5-6-13(10)17/h5-8,11-12,17H,1-4,15H2,(H,18,19)/t11-,12-/m1/s1.